The summed E-state index contributed by atoms with van der Waals surface area (Å²) >= 11 is 0. The minimum Gasteiger partial charge on any atom is -0.393 e. The summed E-state index contributed by atoms with van der Waals surface area (Å²) in [6, 6.07) is 0. The minimum absolute atomic E-state index is 0.203. The fraction of sp³-hybridized carbons (Fsp3) is 1.00. The first kappa shape index (κ1) is 20.9. The lowest BCUT2D eigenvalue weighted by molar-refractivity contribution is 0.102. The van der Waals surface area contributed by atoms with Gasteiger partial charge in [-0.15, -0.1) is 0 Å². The van der Waals surface area contributed by atoms with Gasteiger partial charge in [0, 0.05) is 0 Å². The number of rotatable bonds is 16. The molecule has 2 atom stereocenters. The zero-order valence-electron chi connectivity index (χ0n) is 14.7. The van der Waals surface area contributed by atoms with E-state index in [-0.39, 0.29) is 12.2 Å². The SMILES string of the molecule is CCCCCCCCCCCCC(O)CCC(O)CCC. The summed E-state index contributed by atoms with van der Waals surface area (Å²) in [7, 11) is 0. The molecule has 2 N–H and O–H groups in total. The van der Waals surface area contributed by atoms with Crippen molar-refractivity contribution in [3.8, 4) is 0 Å². The van der Waals surface area contributed by atoms with Gasteiger partial charge < -0.3 is 10.2 Å². The van der Waals surface area contributed by atoms with E-state index >= 15 is 0 Å². The standard InChI is InChI=1S/C19H40O2/c1-3-5-6-7-8-9-10-11-12-13-15-19(21)17-16-18(20)14-4-2/h18-21H,3-17H2,1-2H3. The molecule has 0 radical (unpaired) electrons. The van der Waals surface area contributed by atoms with Gasteiger partial charge in [-0.25, -0.2) is 0 Å². The quantitative estimate of drug-likeness (QED) is 0.364. The molecule has 0 aromatic heterocycles. The Kier molecular flexibility index (Phi) is 16.2. The molecule has 0 aromatic carbocycles. The first-order chi connectivity index (χ1) is 10.2. The number of hydrogen-bond donors (Lipinski definition) is 2. The highest BCUT2D eigenvalue weighted by molar-refractivity contribution is 4.61. The van der Waals surface area contributed by atoms with Crippen molar-refractivity contribution < 1.29 is 10.2 Å². The molecule has 0 aliphatic heterocycles. The highest BCUT2D eigenvalue weighted by atomic mass is 16.3. The van der Waals surface area contributed by atoms with Crippen molar-refractivity contribution in [2.45, 2.75) is 122 Å². The van der Waals surface area contributed by atoms with E-state index in [1.54, 1.807) is 0 Å². The summed E-state index contributed by atoms with van der Waals surface area (Å²) in [5.41, 5.74) is 0. The predicted octanol–water partition coefficient (Wildman–Crippen LogP) is 5.60. The van der Waals surface area contributed by atoms with Gasteiger partial charge in [0.2, 0.25) is 0 Å². The molecule has 0 heterocycles. The Hall–Kier alpha value is -0.0800. The maximum atomic E-state index is 9.88. The van der Waals surface area contributed by atoms with Crippen LogP contribution in [0.1, 0.15) is 110 Å². The van der Waals surface area contributed by atoms with E-state index in [0.717, 1.165) is 38.5 Å². The second-order valence-corrected chi connectivity index (χ2v) is 6.64. The van der Waals surface area contributed by atoms with E-state index in [1.165, 1.54) is 57.8 Å². The molecule has 0 saturated heterocycles. The van der Waals surface area contributed by atoms with Crippen LogP contribution in [0.4, 0.5) is 0 Å². The van der Waals surface area contributed by atoms with E-state index in [1.807, 2.05) is 0 Å². The van der Waals surface area contributed by atoms with Gasteiger partial charge in [0.15, 0.2) is 0 Å². The number of aliphatic hydroxyl groups is 2. The highest BCUT2D eigenvalue weighted by Crippen LogP contribution is 2.14. The molecule has 0 saturated carbocycles. The maximum Gasteiger partial charge on any atom is 0.0541 e. The van der Waals surface area contributed by atoms with Crippen LogP contribution < -0.4 is 0 Å². The van der Waals surface area contributed by atoms with Gasteiger partial charge in [-0.1, -0.05) is 84.5 Å². The monoisotopic (exact) mass is 300 g/mol. The van der Waals surface area contributed by atoms with Gasteiger partial charge in [-0.3, -0.25) is 0 Å². The third-order valence-corrected chi connectivity index (χ3v) is 4.35. The van der Waals surface area contributed by atoms with E-state index in [4.69, 9.17) is 0 Å². The molecule has 0 rings (SSSR count). The van der Waals surface area contributed by atoms with E-state index in [2.05, 4.69) is 13.8 Å². The molecule has 2 heteroatoms. The van der Waals surface area contributed by atoms with Gasteiger partial charge >= 0.3 is 0 Å². The molecule has 21 heavy (non-hydrogen) atoms. The van der Waals surface area contributed by atoms with Crippen LogP contribution in [0, 0.1) is 0 Å². The van der Waals surface area contributed by atoms with Gasteiger partial charge in [0.25, 0.3) is 0 Å². The molecule has 0 spiro atoms. The molecule has 2 nitrogen and oxygen atoms in total. The molecule has 0 aliphatic rings. The normalized spacial score (nSPS) is 14.3. The largest absolute Gasteiger partial charge is 0.393 e. The second kappa shape index (κ2) is 16.3. The van der Waals surface area contributed by atoms with E-state index in [0.29, 0.717) is 0 Å². The Morgan fingerprint density at radius 3 is 1.38 bits per heavy atom. The maximum absolute atomic E-state index is 9.88. The minimum atomic E-state index is -0.211. The molecule has 0 aliphatic carbocycles. The van der Waals surface area contributed by atoms with Gasteiger partial charge in [-0.05, 0) is 25.7 Å². The average molecular weight is 301 g/mol. The second-order valence-electron chi connectivity index (χ2n) is 6.64. The Morgan fingerprint density at radius 2 is 0.905 bits per heavy atom. The van der Waals surface area contributed by atoms with Crippen molar-refractivity contribution in [2.75, 3.05) is 0 Å². The molecule has 0 bridgehead atoms. The molecule has 0 fully saturated rings. The molecule has 0 aromatic rings. The third-order valence-electron chi connectivity index (χ3n) is 4.35. The van der Waals surface area contributed by atoms with Gasteiger partial charge in [-0.2, -0.15) is 0 Å². The Labute approximate surface area is 133 Å². The molecule has 128 valence electrons. The zero-order valence-corrected chi connectivity index (χ0v) is 14.7. The van der Waals surface area contributed by atoms with Crippen molar-refractivity contribution >= 4 is 0 Å². The summed E-state index contributed by atoms with van der Waals surface area (Å²) in [4.78, 5) is 0. The summed E-state index contributed by atoms with van der Waals surface area (Å²) in [5, 5.41) is 19.5. The zero-order chi connectivity index (χ0) is 15.8. The molecule has 2 unspecified atom stereocenters. The lowest BCUT2D eigenvalue weighted by atomic mass is 10.0. The first-order valence-electron chi connectivity index (χ1n) is 9.56. The number of unbranched alkanes of at least 4 members (excludes halogenated alkanes) is 9. The van der Waals surface area contributed by atoms with Gasteiger partial charge in [0.1, 0.15) is 0 Å². The van der Waals surface area contributed by atoms with Crippen molar-refractivity contribution in [1.29, 1.82) is 0 Å². The average Bonchev–Trinajstić information content (AvgIpc) is 2.47. The Bertz CT molecular complexity index is 194. The predicted molar refractivity (Wildman–Crippen MR) is 92.6 cm³/mol. The lowest BCUT2D eigenvalue weighted by Gasteiger charge is -2.13. The summed E-state index contributed by atoms with van der Waals surface area (Å²) in [5.74, 6) is 0. The smallest absolute Gasteiger partial charge is 0.0541 e. The fourth-order valence-electron chi connectivity index (χ4n) is 2.87. The van der Waals surface area contributed by atoms with E-state index in [9.17, 15) is 10.2 Å². The Morgan fingerprint density at radius 1 is 0.476 bits per heavy atom. The summed E-state index contributed by atoms with van der Waals surface area (Å²) in [6.07, 6.45) is 17.3. The van der Waals surface area contributed by atoms with Crippen LogP contribution in [0.5, 0.6) is 0 Å². The van der Waals surface area contributed by atoms with Crippen LogP contribution in [0.3, 0.4) is 0 Å². The molecular formula is C19H40O2. The number of aliphatic hydroxyl groups excluding tert-OH is 2. The van der Waals surface area contributed by atoms with Crippen molar-refractivity contribution in [3.05, 3.63) is 0 Å². The highest BCUT2D eigenvalue weighted by Gasteiger charge is 2.08. The van der Waals surface area contributed by atoms with Crippen LogP contribution >= 0.6 is 0 Å². The van der Waals surface area contributed by atoms with Crippen LogP contribution in [0.25, 0.3) is 0 Å². The molecular weight excluding hydrogens is 260 g/mol. The van der Waals surface area contributed by atoms with Crippen molar-refractivity contribution in [1.82, 2.24) is 0 Å². The van der Waals surface area contributed by atoms with Gasteiger partial charge in [0.05, 0.1) is 12.2 Å². The third kappa shape index (κ3) is 16.1. The Balaban J connectivity index is 3.19. The van der Waals surface area contributed by atoms with Crippen molar-refractivity contribution in [3.63, 3.8) is 0 Å². The van der Waals surface area contributed by atoms with Crippen LogP contribution in [0.15, 0.2) is 0 Å². The van der Waals surface area contributed by atoms with E-state index < -0.39 is 0 Å². The topological polar surface area (TPSA) is 40.5 Å². The van der Waals surface area contributed by atoms with Crippen LogP contribution in [0.2, 0.25) is 0 Å². The fourth-order valence-corrected chi connectivity index (χ4v) is 2.87. The van der Waals surface area contributed by atoms with Crippen LogP contribution in [-0.4, -0.2) is 22.4 Å². The van der Waals surface area contributed by atoms with Crippen molar-refractivity contribution in [2.24, 2.45) is 0 Å². The number of hydrogen-bond acceptors (Lipinski definition) is 2. The summed E-state index contributed by atoms with van der Waals surface area (Å²) in [6.45, 7) is 4.35. The first-order valence-corrected chi connectivity index (χ1v) is 9.56. The summed E-state index contributed by atoms with van der Waals surface area (Å²) < 4.78 is 0. The lowest BCUT2D eigenvalue weighted by Crippen LogP contribution is -2.13. The van der Waals surface area contributed by atoms with Crippen LogP contribution in [-0.2, 0) is 0 Å². The molecule has 0 amide bonds.